The third-order valence-corrected chi connectivity index (χ3v) is 16.1. The zero-order valence-electron chi connectivity index (χ0n) is 47.6. The maximum absolute atomic E-state index is 7.27. The van der Waals surface area contributed by atoms with Gasteiger partial charge in [0.05, 0.1) is 22.4 Å². The molecular formula is C70H78N4O. The predicted octanol–water partition coefficient (Wildman–Crippen LogP) is 19.1. The second kappa shape index (κ2) is 18.3. The van der Waals surface area contributed by atoms with E-state index in [0.717, 1.165) is 39.4 Å². The van der Waals surface area contributed by atoms with Gasteiger partial charge in [-0.2, -0.15) is 0 Å². The molecular weight excluding hydrogens is 913 g/mol. The molecule has 7 aromatic carbocycles. The molecule has 0 atom stereocenters. The molecule has 5 nitrogen and oxygen atoms in total. The van der Waals surface area contributed by atoms with Crippen molar-refractivity contribution in [2.75, 3.05) is 16.5 Å². The molecule has 0 saturated carbocycles. The van der Waals surface area contributed by atoms with Crippen molar-refractivity contribution in [3.05, 3.63) is 214 Å². The number of ether oxygens (including phenoxy) is 1. The maximum atomic E-state index is 7.27. The zero-order valence-corrected chi connectivity index (χ0v) is 47.6. The maximum Gasteiger partial charge on any atom is 0.137 e. The second-order valence-corrected chi connectivity index (χ2v) is 26.4. The average molecular weight is 991 g/mol. The lowest BCUT2D eigenvalue weighted by Crippen LogP contribution is -2.26. The number of hydrogen-bond acceptors (Lipinski definition) is 4. The van der Waals surface area contributed by atoms with E-state index >= 15 is 0 Å². The van der Waals surface area contributed by atoms with E-state index in [2.05, 4.69) is 289 Å². The van der Waals surface area contributed by atoms with Crippen LogP contribution in [0.25, 0.3) is 27.6 Å². The number of pyridine rings is 1. The molecule has 75 heavy (non-hydrogen) atoms. The highest BCUT2D eigenvalue weighted by atomic mass is 16.5. The van der Waals surface area contributed by atoms with Crippen molar-refractivity contribution in [3.8, 4) is 17.3 Å². The molecule has 0 radical (unpaired) electrons. The minimum absolute atomic E-state index is 0.0210. The Bertz CT molecular complexity index is 3560. The molecule has 0 fully saturated rings. The molecule has 0 unspecified atom stereocenters. The van der Waals surface area contributed by atoms with Crippen LogP contribution in [0.5, 0.6) is 11.5 Å². The summed E-state index contributed by atoms with van der Waals surface area (Å²) in [4.78, 5) is 10.1. The summed E-state index contributed by atoms with van der Waals surface area (Å²) < 4.78 is 9.60. The highest BCUT2D eigenvalue weighted by molar-refractivity contribution is 6.10. The number of nitrogens with zero attached hydrogens (tertiary/aromatic N) is 4. The van der Waals surface area contributed by atoms with Crippen LogP contribution in [-0.2, 0) is 32.5 Å². The van der Waals surface area contributed by atoms with Crippen LogP contribution in [0.1, 0.15) is 155 Å². The standard InChI is InChI=1S/C70H78N4O/c1-65(2,3)48-27-31-60-59(40-48)58-30-29-56(44-62(58)74(60)64-42-50(33-34-71-64)69(13,14)46-23-19-17-20-24-46)75-57-39-53(70(15,16)47-25-21-18-22-26-47)38-55(43-57)73-45-72(61-32-28-49(41-63(61)73)66(4,5)6)54-36-51(67(7,8)9)35-52(37-54)68(10,11)12/h17-44H,45H2,1-16H3. The van der Waals surface area contributed by atoms with E-state index in [1.54, 1.807) is 0 Å². The van der Waals surface area contributed by atoms with Gasteiger partial charge in [-0.3, -0.25) is 4.57 Å². The summed E-state index contributed by atoms with van der Waals surface area (Å²) >= 11 is 0. The van der Waals surface area contributed by atoms with Crippen LogP contribution >= 0.6 is 0 Å². The Morgan fingerprint density at radius 2 is 0.893 bits per heavy atom. The molecule has 1 aliphatic heterocycles. The fraction of sp³-hybridized carbons (Fsp3) is 0.329. The van der Waals surface area contributed by atoms with Crippen molar-refractivity contribution >= 4 is 44.6 Å². The summed E-state index contributed by atoms with van der Waals surface area (Å²) in [5, 5.41) is 2.35. The molecule has 384 valence electrons. The molecule has 9 aromatic rings. The Balaban J connectivity index is 1.14. The first kappa shape index (κ1) is 51.4. The Kier molecular flexibility index (Phi) is 12.6. The minimum atomic E-state index is -0.348. The van der Waals surface area contributed by atoms with Crippen molar-refractivity contribution in [1.29, 1.82) is 0 Å². The predicted molar refractivity (Wildman–Crippen MR) is 319 cm³/mol. The SMILES string of the molecule is CC(C)(C)c1cc(N2CN(c3cc(Oc4ccc5c6cc(C(C)(C)C)ccc6n(-c6cc(C(C)(C)c7ccccc7)ccn6)c5c4)cc(C(C)(C)c4ccccc4)c3)c3cc(C(C)(C)C)ccc32)cc(C(C)(C)C)c1. The van der Waals surface area contributed by atoms with Crippen molar-refractivity contribution in [2.24, 2.45) is 0 Å². The minimum Gasteiger partial charge on any atom is -0.457 e. The van der Waals surface area contributed by atoms with Gasteiger partial charge in [0, 0.05) is 51.3 Å². The van der Waals surface area contributed by atoms with Crippen LogP contribution in [0.4, 0.5) is 22.7 Å². The highest BCUT2D eigenvalue weighted by Gasteiger charge is 2.34. The van der Waals surface area contributed by atoms with E-state index in [0.29, 0.717) is 6.67 Å². The fourth-order valence-electron chi connectivity index (χ4n) is 10.8. The van der Waals surface area contributed by atoms with Gasteiger partial charge >= 0.3 is 0 Å². The van der Waals surface area contributed by atoms with Crippen LogP contribution in [0.2, 0.25) is 0 Å². The van der Waals surface area contributed by atoms with E-state index in [4.69, 9.17) is 9.72 Å². The van der Waals surface area contributed by atoms with Gasteiger partial charge in [0.15, 0.2) is 0 Å². The van der Waals surface area contributed by atoms with Crippen LogP contribution in [0.3, 0.4) is 0 Å². The lowest BCUT2D eigenvalue weighted by Gasteiger charge is -2.30. The molecule has 3 heterocycles. The molecule has 5 heteroatoms. The zero-order chi connectivity index (χ0) is 53.6. The summed E-state index contributed by atoms with van der Waals surface area (Å²) in [6.45, 7) is 37.6. The number of anilines is 4. The monoisotopic (exact) mass is 991 g/mol. The Labute approximate surface area is 448 Å². The second-order valence-electron chi connectivity index (χ2n) is 26.4. The molecule has 0 N–H and O–H groups in total. The van der Waals surface area contributed by atoms with Gasteiger partial charge < -0.3 is 14.5 Å². The van der Waals surface area contributed by atoms with Gasteiger partial charge in [-0.05, 0) is 139 Å². The van der Waals surface area contributed by atoms with Gasteiger partial charge in [-0.15, -0.1) is 0 Å². The molecule has 0 saturated heterocycles. The van der Waals surface area contributed by atoms with Crippen LogP contribution in [-0.4, -0.2) is 16.2 Å². The van der Waals surface area contributed by atoms with E-state index in [1.807, 2.05) is 6.20 Å². The Morgan fingerprint density at radius 1 is 0.360 bits per heavy atom. The van der Waals surface area contributed by atoms with Crippen molar-refractivity contribution in [3.63, 3.8) is 0 Å². The molecule has 0 bridgehead atoms. The fourth-order valence-corrected chi connectivity index (χ4v) is 10.8. The third kappa shape index (κ3) is 9.76. The van der Waals surface area contributed by atoms with Crippen LogP contribution in [0, 0.1) is 0 Å². The first-order valence-corrected chi connectivity index (χ1v) is 27.0. The molecule has 10 rings (SSSR count). The van der Waals surface area contributed by atoms with Gasteiger partial charge in [0.1, 0.15) is 24.0 Å². The molecule has 0 spiro atoms. The lowest BCUT2D eigenvalue weighted by molar-refractivity contribution is 0.480. The van der Waals surface area contributed by atoms with Gasteiger partial charge in [0.2, 0.25) is 0 Å². The first-order valence-electron chi connectivity index (χ1n) is 27.0. The highest BCUT2D eigenvalue weighted by Crippen LogP contribution is 2.50. The van der Waals surface area contributed by atoms with E-state index < -0.39 is 0 Å². The Morgan fingerprint density at radius 3 is 1.49 bits per heavy atom. The lowest BCUT2D eigenvalue weighted by atomic mass is 9.78. The molecule has 2 aromatic heterocycles. The largest absolute Gasteiger partial charge is 0.457 e. The molecule has 0 aliphatic carbocycles. The molecule has 1 aliphatic rings. The van der Waals surface area contributed by atoms with Crippen LogP contribution in [0.15, 0.2) is 170 Å². The summed E-state index contributed by atoms with van der Waals surface area (Å²) in [5.74, 6) is 2.42. The number of aromatic nitrogens is 2. The smallest absolute Gasteiger partial charge is 0.137 e. The quantitative estimate of drug-likeness (QED) is 0.144. The summed E-state index contributed by atoms with van der Waals surface area (Å²) in [7, 11) is 0. The first-order chi connectivity index (χ1) is 35.2. The Hall–Kier alpha value is -7.11. The average Bonchev–Trinajstić information content (AvgIpc) is 3.91. The summed E-state index contributed by atoms with van der Waals surface area (Å²) in [6.07, 6.45) is 1.96. The topological polar surface area (TPSA) is 33.5 Å². The van der Waals surface area contributed by atoms with Gasteiger partial charge in [-0.1, -0.05) is 190 Å². The van der Waals surface area contributed by atoms with Gasteiger partial charge in [-0.25, -0.2) is 4.98 Å². The van der Waals surface area contributed by atoms with Crippen molar-refractivity contribution < 1.29 is 4.74 Å². The van der Waals surface area contributed by atoms with Crippen LogP contribution < -0.4 is 14.5 Å². The number of benzene rings is 7. The summed E-state index contributed by atoms with van der Waals surface area (Å²) in [6, 6.07) is 60.8. The third-order valence-electron chi connectivity index (χ3n) is 16.1. The van der Waals surface area contributed by atoms with E-state index in [-0.39, 0.29) is 32.5 Å². The van der Waals surface area contributed by atoms with E-state index in [9.17, 15) is 0 Å². The van der Waals surface area contributed by atoms with Crippen molar-refractivity contribution in [2.45, 2.75) is 143 Å². The van der Waals surface area contributed by atoms with Crippen molar-refractivity contribution in [1.82, 2.24) is 9.55 Å². The normalized spacial score (nSPS) is 13.8. The van der Waals surface area contributed by atoms with E-state index in [1.165, 1.54) is 67.0 Å². The summed E-state index contributed by atoms with van der Waals surface area (Å²) in [5.41, 5.74) is 16.3. The number of rotatable bonds is 9. The number of fused-ring (bicyclic) bond motifs is 4. The van der Waals surface area contributed by atoms with Gasteiger partial charge in [0.25, 0.3) is 0 Å². The number of hydrogen-bond donors (Lipinski definition) is 0. The molecule has 0 amide bonds.